The molecular weight excluding hydrogens is 193 g/mol. The highest BCUT2D eigenvalue weighted by atomic mass is 31.2. The molecule has 0 bridgehead atoms. The summed E-state index contributed by atoms with van der Waals surface area (Å²) in [6, 6.07) is 4.52. The Morgan fingerprint density at radius 1 is 1.38 bits per heavy atom. The van der Waals surface area contributed by atoms with Crippen molar-refractivity contribution in [1.82, 2.24) is 4.98 Å². The van der Waals surface area contributed by atoms with Crippen LogP contribution in [-0.4, -0.2) is 20.9 Å². The first-order valence-corrected chi connectivity index (χ1v) is 5.50. The third-order valence-corrected chi connectivity index (χ3v) is 2.31. The molecule has 72 valence electrons. The number of aryl methyl sites for hydroxylation is 1. The standard InChI is InChI=1S/C7H10NO4P/c9-7-3-1-2-6(8-7)4-5-13(10,11)12/h1-3H,4-5H2,(H,8,9)(H2,10,11,12). The highest BCUT2D eigenvalue weighted by molar-refractivity contribution is 7.51. The van der Waals surface area contributed by atoms with Crippen molar-refractivity contribution in [2.24, 2.45) is 0 Å². The molecule has 0 aliphatic rings. The predicted molar refractivity (Wildman–Crippen MR) is 47.7 cm³/mol. The van der Waals surface area contributed by atoms with E-state index < -0.39 is 7.60 Å². The molecule has 3 N–H and O–H groups in total. The molecule has 1 heterocycles. The van der Waals surface area contributed by atoms with E-state index >= 15 is 0 Å². The largest absolute Gasteiger partial charge is 0.326 e. The molecule has 0 unspecified atom stereocenters. The van der Waals surface area contributed by atoms with Gasteiger partial charge in [0.2, 0.25) is 5.56 Å². The fourth-order valence-corrected chi connectivity index (χ4v) is 1.44. The summed E-state index contributed by atoms with van der Waals surface area (Å²) < 4.78 is 10.5. The van der Waals surface area contributed by atoms with Gasteiger partial charge in [-0.2, -0.15) is 0 Å². The van der Waals surface area contributed by atoms with Crippen molar-refractivity contribution in [3.8, 4) is 0 Å². The topological polar surface area (TPSA) is 90.4 Å². The van der Waals surface area contributed by atoms with Crippen molar-refractivity contribution in [2.45, 2.75) is 6.42 Å². The van der Waals surface area contributed by atoms with Crippen molar-refractivity contribution >= 4 is 7.60 Å². The molecule has 0 amide bonds. The Hall–Kier alpha value is -0.900. The zero-order valence-corrected chi connectivity index (χ0v) is 7.70. The lowest BCUT2D eigenvalue weighted by Crippen LogP contribution is -2.07. The van der Waals surface area contributed by atoms with Crippen molar-refractivity contribution < 1.29 is 14.4 Å². The van der Waals surface area contributed by atoms with E-state index in [-0.39, 0.29) is 18.1 Å². The lowest BCUT2D eigenvalue weighted by atomic mass is 10.3. The minimum Gasteiger partial charge on any atom is -0.326 e. The molecule has 6 heteroatoms. The van der Waals surface area contributed by atoms with Crippen LogP contribution in [0.15, 0.2) is 23.0 Å². The Balaban J connectivity index is 2.66. The Bertz CT molecular complexity index is 380. The molecular formula is C7H10NO4P. The first-order chi connectivity index (χ1) is 5.97. The summed E-state index contributed by atoms with van der Waals surface area (Å²) in [4.78, 5) is 30.4. The SMILES string of the molecule is O=c1cccc(CCP(=O)(O)O)[nH]1. The van der Waals surface area contributed by atoms with Gasteiger partial charge in [-0.25, -0.2) is 0 Å². The van der Waals surface area contributed by atoms with E-state index in [2.05, 4.69) is 4.98 Å². The normalized spacial score (nSPS) is 11.5. The molecule has 1 aromatic heterocycles. The monoisotopic (exact) mass is 203 g/mol. The highest BCUT2D eigenvalue weighted by Gasteiger charge is 2.12. The van der Waals surface area contributed by atoms with Gasteiger partial charge in [-0.3, -0.25) is 9.36 Å². The van der Waals surface area contributed by atoms with Gasteiger partial charge in [0.05, 0.1) is 6.16 Å². The number of rotatable bonds is 3. The van der Waals surface area contributed by atoms with Crippen LogP contribution in [0.2, 0.25) is 0 Å². The van der Waals surface area contributed by atoms with Gasteiger partial charge >= 0.3 is 7.60 Å². The molecule has 1 aromatic rings. The quantitative estimate of drug-likeness (QED) is 0.607. The summed E-state index contributed by atoms with van der Waals surface area (Å²) in [7, 11) is -3.97. The molecule has 0 saturated carbocycles. The second-order valence-corrected chi connectivity index (χ2v) is 4.46. The van der Waals surface area contributed by atoms with E-state index in [9.17, 15) is 9.36 Å². The van der Waals surface area contributed by atoms with Crippen molar-refractivity contribution in [2.75, 3.05) is 6.16 Å². The van der Waals surface area contributed by atoms with Gasteiger partial charge in [0, 0.05) is 11.8 Å². The lowest BCUT2D eigenvalue weighted by Gasteiger charge is -2.02. The van der Waals surface area contributed by atoms with Gasteiger partial charge in [0.1, 0.15) is 0 Å². The maximum absolute atomic E-state index is 10.8. The van der Waals surface area contributed by atoms with Crippen molar-refractivity contribution in [3.05, 3.63) is 34.2 Å². The molecule has 0 saturated heterocycles. The average Bonchev–Trinajstić information content (AvgIpc) is 2.00. The molecule has 0 aliphatic heterocycles. The van der Waals surface area contributed by atoms with Gasteiger partial charge in [-0.1, -0.05) is 6.07 Å². The Labute approximate surface area is 74.6 Å². The molecule has 0 spiro atoms. The lowest BCUT2D eigenvalue weighted by molar-refractivity contribution is 0.373. The summed E-state index contributed by atoms with van der Waals surface area (Å²) in [5.41, 5.74) is 0.277. The Morgan fingerprint density at radius 2 is 2.08 bits per heavy atom. The minimum absolute atomic E-state index is 0.181. The van der Waals surface area contributed by atoms with E-state index in [1.54, 1.807) is 12.1 Å². The molecule has 0 aromatic carbocycles. The number of aromatic amines is 1. The maximum atomic E-state index is 10.8. The fraction of sp³-hybridized carbons (Fsp3) is 0.286. The summed E-state index contributed by atoms with van der Waals surface area (Å²) in [5.74, 6) is 0. The highest BCUT2D eigenvalue weighted by Crippen LogP contribution is 2.34. The summed E-state index contributed by atoms with van der Waals surface area (Å²) >= 11 is 0. The number of hydrogen-bond acceptors (Lipinski definition) is 2. The van der Waals surface area contributed by atoms with Crippen LogP contribution in [0.25, 0.3) is 0 Å². The fourth-order valence-electron chi connectivity index (χ4n) is 0.905. The summed E-state index contributed by atoms with van der Waals surface area (Å²) in [5, 5.41) is 0. The number of nitrogens with one attached hydrogen (secondary N) is 1. The molecule has 1 rings (SSSR count). The van der Waals surface area contributed by atoms with Crippen molar-refractivity contribution in [3.63, 3.8) is 0 Å². The van der Waals surface area contributed by atoms with Crippen LogP contribution in [0.3, 0.4) is 0 Å². The van der Waals surface area contributed by atoms with Gasteiger partial charge in [0.25, 0.3) is 0 Å². The number of aromatic nitrogens is 1. The zero-order valence-electron chi connectivity index (χ0n) is 6.80. The summed E-state index contributed by atoms with van der Waals surface area (Å²) in [6.07, 6.45) is -0.0622. The summed E-state index contributed by atoms with van der Waals surface area (Å²) in [6.45, 7) is 0. The van der Waals surface area contributed by atoms with Crippen LogP contribution in [0.1, 0.15) is 5.69 Å². The predicted octanol–water partition coefficient (Wildman–Crippen LogP) is 0.0951. The van der Waals surface area contributed by atoms with Gasteiger partial charge < -0.3 is 14.8 Å². The van der Waals surface area contributed by atoms with Crippen LogP contribution in [0.4, 0.5) is 0 Å². The third-order valence-electron chi connectivity index (χ3n) is 1.50. The van der Waals surface area contributed by atoms with E-state index in [0.29, 0.717) is 5.69 Å². The first kappa shape index (κ1) is 10.2. The van der Waals surface area contributed by atoms with Crippen LogP contribution in [-0.2, 0) is 11.0 Å². The first-order valence-electron chi connectivity index (χ1n) is 3.70. The molecule has 0 aliphatic carbocycles. The van der Waals surface area contributed by atoms with Crippen molar-refractivity contribution in [1.29, 1.82) is 0 Å². The number of H-pyrrole nitrogens is 1. The van der Waals surface area contributed by atoms with Gasteiger partial charge in [0.15, 0.2) is 0 Å². The van der Waals surface area contributed by atoms with E-state index in [1.807, 2.05) is 0 Å². The molecule has 5 nitrogen and oxygen atoms in total. The minimum atomic E-state index is -3.97. The maximum Gasteiger partial charge on any atom is 0.325 e. The van der Waals surface area contributed by atoms with Gasteiger partial charge in [-0.15, -0.1) is 0 Å². The van der Waals surface area contributed by atoms with Crippen LogP contribution in [0.5, 0.6) is 0 Å². The van der Waals surface area contributed by atoms with E-state index in [4.69, 9.17) is 9.79 Å². The Morgan fingerprint density at radius 3 is 2.62 bits per heavy atom. The van der Waals surface area contributed by atoms with Crippen LogP contribution in [0, 0.1) is 0 Å². The molecule has 13 heavy (non-hydrogen) atoms. The smallest absolute Gasteiger partial charge is 0.325 e. The number of hydrogen-bond donors (Lipinski definition) is 3. The van der Waals surface area contributed by atoms with E-state index in [0.717, 1.165) is 0 Å². The molecule has 0 radical (unpaired) electrons. The van der Waals surface area contributed by atoms with Crippen LogP contribution < -0.4 is 5.56 Å². The Kier molecular flexibility index (Phi) is 3.03. The van der Waals surface area contributed by atoms with Gasteiger partial charge in [-0.05, 0) is 12.5 Å². The second kappa shape index (κ2) is 3.87. The average molecular weight is 203 g/mol. The molecule has 0 atom stereocenters. The second-order valence-electron chi connectivity index (χ2n) is 2.68. The van der Waals surface area contributed by atoms with E-state index in [1.165, 1.54) is 6.07 Å². The zero-order chi connectivity index (χ0) is 9.90. The molecule has 0 fully saturated rings. The number of pyridine rings is 1. The van der Waals surface area contributed by atoms with Crippen LogP contribution >= 0.6 is 7.60 Å². The third kappa shape index (κ3) is 4.03.